The van der Waals surface area contributed by atoms with Crippen molar-refractivity contribution >= 4 is 22.5 Å². The molecule has 0 spiro atoms. The molecule has 4 N–H and O–H groups in total. The number of carbonyl (C=O) groups is 1. The zero-order chi connectivity index (χ0) is 13.3. The molecule has 18 heavy (non-hydrogen) atoms. The quantitative estimate of drug-likeness (QED) is 0.555. The molecule has 0 aliphatic carbocycles. The molecule has 0 saturated carbocycles. The van der Waals surface area contributed by atoms with E-state index in [1.165, 1.54) is 0 Å². The van der Waals surface area contributed by atoms with Crippen molar-refractivity contribution in [1.29, 1.82) is 0 Å². The van der Waals surface area contributed by atoms with Crippen LogP contribution in [0.1, 0.15) is 24.2 Å². The standard InChI is InChI=1S/C14H15N3O/c1-4-14(2,3)17-13(18)11-8-16-12-6-5-9(15)7-10(11)12/h1,5-8,16H,15H2,2-3H3,(H,17,18). The van der Waals surface area contributed by atoms with Crippen LogP contribution in [0.15, 0.2) is 24.4 Å². The molecule has 0 aliphatic rings. The second-order valence-corrected chi connectivity index (χ2v) is 4.73. The van der Waals surface area contributed by atoms with Crippen molar-refractivity contribution in [2.75, 3.05) is 5.73 Å². The van der Waals surface area contributed by atoms with Crippen molar-refractivity contribution in [3.8, 4) is 12.3 Å². The lowest BCUT2D eigenvalue weighted by Crippen LogP contribution is -2.42. The van der Waals surface area contributed by atoms with E-state index in [-0.39, 0.29) is 5.91 Å². The molecule has 1 amide bonds. The summed E-state index contributed by atoms with van der Waals surface area (Å²) in [4.78, 5) is 15.2. The van der Waals surface area contributed by atoms with Crippen LogP contribution >= 0.6 is 0 Å². The van der Waals surface area contributed by atoms with Gasteiger partial charge in [-0.15, -0.1) is 6.42 Å². The number of H-pyrrole nitrogens is 1. The third kappa shape index (κ3) is 2.16. The molecular formula is C14H15N3O. The van der Waals surface area contributed by atoms with Gasteiger partial charge in [0.1, 0.15) is 0 Å². The first-order valence-corrected chi connectivity index (χ1v) is 5.60. The number of fused-ring (bicyclic) bond motifs is 1. The first-order chi connectivity index (χ1) is 8.43. The topological polar surface area (TPSA) is 70.9 Å². The predicted molar refractivity (Wildman–Crippen MR) is 73.1 cm³/mol. The summed E-state index contributed by atoms with van der Waals surface area (Å²) in [6, 6.07) is 5.39. The van der Waals surface area contributed by atoms with Crippen molar-refractivity contribution in [2.24, 2.45) is 0 Å². The van der Waals surface area contributed by atoms with Gasteiger partial charge in [-0.25, -0.2) is 0 Å². The minimum Gasteiger partial charge on any atom is -0.399 e. The zero-order valence-electron chi connectivity index (χ0n) is 10.4. The molecule has 1 aromatic heterocycles. The molecule has 0 unspecified atom stereocenters. The number of rotatable bonds is 2. The third-order valence-corrected chi connectivity index (χ3v) is 2.74. The lowest BCUT2D eigenvalue weighted by molar-refractivity contribution is 0.0931. The van der Waals surface area contributed by atoms with E-state index in [2.05, 4.69) is 16.2 Å². The number of benzene rings is 1. The highest BCUT2D eigenvalue weighted by atomic mass is 16.1. The fourth-order valence-electron chi connectivity index (χ4n) is 1.71. The van der Waals surface area contributed by atoms with Crippen molar-refractivity contribution in [3.63, 3.8) is 0 Å². The molecule has 0 bridgehead atoms. The van der Waals surface area contributed by atoms with E-state index < -0.39 is 5.54 Å². The van der Waals surface area contributed by atoms with Crippen LogP contribution < -0.4 is 11.1 Å². The molecule has 0 radical (unpaired) electrons. The van der Waals surface area contributed by atoms with Crippen molar-refractivity contribution in [2.45, 2.75) is 19.4 Å². The van der Waals surface area contributed by atoms with Crippen LogP contribution in [0.4, 0.5) is 5.69 Å². The van der Waals surface area contributed by atoms with E-state index in [9.17, 15) is 4.79 Å². The molecule has 0 aliphatic heterocycles. The molecule has 1 heterocycles. The van der Waals surface area contributed by atoms with Crippen molar-refractivity contribution < 1.29 is 4.79 Å². The number of carbonyl (C=O) groups excluding carboxylic acids is 1. The lowest BCUT2D eigenvalue weighted by Gasteiger charge is -2.19. The van der Waals surface area contributed by atoms with Crippen LogP contribution in [0.3, 0.4) is 0 Å². The van der Waals surface area contributed by atoms with Gasteiger partial charge in [0.05, 0.1) is 11.1 Å². The second-order valence-electron chi connectivity index (χ2n) is 4.73. The number of amides is 1. The molecule has 2 rings (SSSR count). The highest BCUT2D eigenvalue weighted by molar-refractivity contribution is 6.07. The van der Waals surface area contributed by atoms with Gasteiger partial charge in [-0.2, -0.15) is 0 Å². The summed E-state index contributed by atoms with van der Waals surface area (Å²) in [6.07, 6.45) is 7.01. The van der Waals surface area contributed by atoms with Crippen LogP contribution in [-0.2, 0) is 0 Å². The van der Waals surface area contributed by atoms with Gasteiger partial charge in [-0.1, -0.05) is 5.92 Å². The zero-order valence-corrected chi connectivity index (χ0v) is 10.4. The summed E-state index contributed by atoms with van der Waals surface area (Å²) in [7, 11) is 0. The number of anilines is 1. The maximum Gasteiger partial charge on any atom is 0.254 e. The van der Waals surface area contributed by atoms with E-state index >= 15 is 0 Å². The van der Waals surface area contributed by atoms with Gasteiger partial charge < -0.3 is 16.0 Å². The minimum absolute atomic E-state index is 0.213. The predicted octanol–water partition coefficient (Wildman–Crippen LogP) is 1.89. The number of nitrogens with two attached hydrogens (primary N) is 1. The number of terminal acetylenes is 1. The Morgan fingerprint density at radius 2 is 2.22 bits per heavy atom. The van der Waals surface area contributed by atoms with Gasteiger partial charge in [0.15, 0.2) is 0 Å². The van der Waals surface area contributed by atoms with E-state index in [1.54, 1.807) is 32.2 Å². The van der Waals surface area contributed by atoms with Crippen LogP contribution in [0, 0.1) is 12.3 Å². The minimum atomic E-state index is -0.680. The highest BCUT2D eigenvalue weighted by Gasteiger charge is 2.20. The number of nitrogens with one attached hydrogen (secondary N) is 2. The van der Waals surface area contributed by atoms with Gasteiger partial charge in [-0.3, -0.25) is 4.79 Å². The first kappa shape index (κ1) is 12.1. The summed E-state index contributed by atoms with van der Waals surface area (Å²) in [5.41, 5.74) is 7.08. The Morgan fingerprint density at radius 3 is 2.89 bits per heavy atom. The maximum atomic E-state index is 12.1. The smallest absolute Gasteiger partial charge is 0.254 e. The first-order valence-electron chi connectivity index (χ1n) is 5.60. The van der Waals surface area contributed by atoms with Gasteiger partial charge >= 0.3 is 0 Å². The molecule has 4 nitrogen and oxygen atoms in total. The van der Waals surface area contributed by atoms with E-state index in [4.69, 9.17) is 12.2 Å². The summed E-state index contributed by atoms with van der Waals surface area (Å²) in [6.45, 7) is 3.54. The van der Waals surface area contributed by atoms with E-state index in [0.717, 1.165) is 10.9 Å². The van der Waals surface area contributed by atoms with E-state index in [1.807, 2.05) is 6.07 Å². The number of hydrogen-bond donors (Lipinski definition) is 3. The molecule has 2 aromatic rings. The average molecular weight is 241 g/mol. The van der Waals surface area contributed by atoms with Gasteiger partial charge in [0.25, 0.3) is 5.91 Å². The van der Waals surface area contributed by atoms with Crippen molar-refractivity contribution in [1.82, 2.24) is 10.3 Å². The van der Waals surface area contributed by atoms with Gasteiger partial charge in [0, 0.05) is 22.8 Å². The Kier molecular flexibility index (Phi) is 2.76. The fraction of sp³-hybridized carbons (Fsp3) is 0.214. The van der Waals surface area contributed by atoms with Gasteiger partial charge in [-0.05, 0) is 32.0 Å². The molecule has 4 heteroatoms. The Labute approximate surface area is 106 Å². The van der Waals surface area contributed by atoms with Crippen LogP contribution in [0.5, 0.6) is 0 Å². The number of nitrogen functional groups attached to an aromatic ring is 1. The monoisotopic (exact) mass is 241 g/mol. The van der Waals surface area contributed by atoms with Crippen molar-refractivity contribution in [3.05, 3.63) is 30.0 Å². The second kappa shape index (κ2) is 4.11. The van der Waals surface area contributed by atoms with E-state index in [0.29, 0.717) is 11.3 Å². The molecule has 0 atom stereocenters. The van der Waals surface area contributed by atoms with Crippen LogP contribution in [0.2, 0.25) is 0 Å². The largest absolute Gasteiger partial charge is 0.399 e. The molecule has 0 saturated heterocycles. The molecule has 92 valence electrons. The SMILES string of the molecule is C#CC(C)(C)NC(=O)c1c[nH]c2ccc(N)cc12. The Balaban J connectivity index is 2.40. The Morgan fingerprint density at radius 1 is 1.50 bits per heavy atom. The highest BCUT2D eigenvalue weighted by Crippen LogP contribution is 2.21. The molecule has 0 fully saturated rings. The Hall–Kier alpha value is -2.41. The summed E-state index contributed by atoms with van der Waals surface area (Å²) >= 11 is 0. The number of aromatic amines is 1. The third-order valence-electron chi connectivity index (χ3n) is 2.74. The lowest BCUT2D eigenvalue weighted by atomic mass is 10.1. The number of hydrogen-bond acceptors (Lipinski definition) is 2. The normalized spacial score (nSPS) is 11.2. The Bertz CT molecular complexity index is 647. The molecular weight excluding hydrogens is 226 g/mol. The van der Waals surface area contributed by atoms with Gasteiger partial charge in [0.2, 0.25) is 0 Å². The summed E-state index contributed by atoms with van der Waals surface area (Å²) < 4.78 is 0. The summed E-state index contributed by atoms with van der Waals surface area (Å²) in [5, 5.41) is 3.58. The fourth-order valence-corrected chi connectivity index (χ4v) is 1.71. The maximum absolute atomic E-state index is 12.1. The van der Waals surface area contributed by atoms with Crippen LogP contribution in [0.25, 0.3) is 10.9 Å². The average Bonchev–Trinajstić information content (AvgIpc) is 2.71. The molecule has 1 aromatic carbocycles. The van der Waals surface area contributed by atoms with Crippen LogP contribution in [-0.4, -0.2) is 16.4 Å². The number of aromatic nitrogens is 1. The summed E-state index contributed by atoms with van der Waals surface area (Å²) in [5.74, 6) is 2.31.